The Labute approximate surface area is 184 Å². The summed E-state index contributed by atoms with van der Waals surface area (Å²) in [7, 11) is 3.24. The summed E-state index contributed by atoms with van der Waals surface area (Å²) in [5.74, 6) is 2.07. The first kappa shape index (κ1) is 21.9. The molecule has 0 spiro atoms. The number of carbonyl (C=O) groups excluding carboxylic acids is 1. The van der Waals surface area contributed by atoms with E-state index in [0.29, 0.717) is 40.9 Å². The molecule has 8 heteroatoms. The first-order valence-corrected chi connectivity index (χ1v) is 10.5. The van der Waals surface area contributed by atoms with E-state index in [1.807, 2.05) is 25.1 Å². The Morgan fingerprint density at radius 3 is 2.53 bits per heavy atom. The maximum atomic E-state index is 12.6. The Morgan fingerprint density at radius 1 is 1.10 bits per heavy atom. The number of methoxy groups -OCH3 is 2. The topological polar surface area (TPSA) is 69.7 Å². The van der Waals surface area contributed by atoms with Gasteiger partial charge in [0, 0.05) is 11.6 Å². The van der Waals surface area contributed by atoms with Gasteiger partial charge in [-0.3, -0.25) is 4.79 Å². The van der Waals surface area contributed by atoms with E-state index in [1.165, 1.54) is 11.3 Å². The molecule has 3 rings (SSSR count). The molecule has 0 unspecified atom stereocenters. The van der Waals surface area contributed by atoms with Gasteiger partial charge in [0.1, 0.15) is 33.7 Å². The molecule has 0 aliphatic heterocycles. The molecule has 3 aromatic rings. The number of amides is 1. The summed E-state index contributed by atoms with van der Waals surface area (Å²) in [6.07, 6.45) is 0.622. The molecular formula is C22H23ClN2O4S. The summed E-state index contributed by atoms with van der Waals surface area (Å²) >= 11 is 7.21. The summed E-state index contributed by atoms with van der Waals surface area (Å²) < 4.78 is 16.4. The zero-order chi connectivity index (χ0) is 21.5. The van der Waals surface area contributed by atoms with Crippen LogP contribution in [-0.2, 0) is 13.0 Å². The SMILES string of the molecule is COc1ccc(OC)c(CCNC(=O)c2sc(COc3ccc(Cl)cc3)nc2C)c1. The van der Waals surface area contributed by atoms with E-state index in [-0.39, 0.29) is 5.91 Å². The summed E-state index contributed by atoms with van der Waals surface area (Å²) in [5, 5.41) is 4.34. The first-order valence-electron chi connectivity index (χ1n) is 9.34. The number of rotatable bonds is 9. The van der Waals surface area contributed by atoms with Crippen LogP contribution in [0.2, 0.25) is 5.02 Å². The highest BCUT2D eigenvalue weighted by Crippen LogP contribution is 2.25. The van der Waals surface area contributed by atoms with Crippen LogP contribution in [0.15, 0.2) is 42.5 Å². The Balaban J connectivity index is 1.56. The van der Waals surface area contributed by atoms with Crippen LogP contribution >= 0.6 is 22.9 Å². The zero-order valence-electron chi connectivity index (χ0n) is 17.0. The van der Waals surface area contributed by atoms with Crippen LogP contribution in [0.5, 0.6) is 17.2 Å². The second-order valence-corrected chi connectivity index (χ2v) is 7.97. The number of ether oxygens (including phenoxy) is 3. The normalized spacial score (nSPS) is 10.5. The number of aryl methyl sites for hydroxylation is 1. The van der Waals surface area contributed by atoms with E-state index in [9.17, 15) is 4.79 Å². The van der Waals surface area contributed by atoms with Crippen LogP contribution in [0.1, 0.15) is 25.9 Å². The zero-order valence-corrected chi connectivity index (χ0v) is 18.6. The van der Waals surface area contributed by atoms with E-state index < -0.39 is 0 Å². The van der Waals surface area contributed by atoms with Crippen molar-refractivity contribution in [2.75, 3.05) is 20.8 Å². The molecule has 6 nitrogen and oxygen atoms in total. The van der Waals surface area contributed by atoms with Gasteiger partial charge in [0.2, 0.25) is 0 Å². The van der Waals surface area contributed by atoms with E-state index >= 15 is 0 Å². The van der Waals surface area contributed by atoms with E-state index in [1.54, 1.807) is 38.5 Å². The minimum atomic E-state index is -0.149. The molecule has 0 saturated carbocycles. The quantitative estimate of drug-likeness (QED) is 0.517. The maximum Gasteiger partial charge on any atom is 0.263 e. The van der Waals surface area contributed by atoms with Crippen molar-refractivity contribution in [2.24, 2.45) is 0 Å². The second kappa shape index (κ2) is 10.3. The lowest BCUT2D eigenvalue weighted by Crippen LogP contribution is -2.25. The maximum absolute atomic E-state index is 12.6. The van der Waals surface area contributed by atoms with Crippen molar-refractivity contribution in [2.45, 2.75) is 20.0 Å². The molecule has 1 heterocycles. The van der Waals surface area contributed by atoms with Crippen molar-refractivity contribution >= 4 is 28.8 Å². The van der Waals surface area contributed by atoms with Crippen molar-refractivity contribution in [1.29, 1.82) is 0 Å². The van der Waals surface area contributed by atoms with Crippen LogP contribution in [0, 0.1) is 6.92 Å². The van der Waals surface area contributed by atoms with Gasteiger partial charge in [-0.1, -0.05) is 11.6 Å². The highest BCUT2D eigenvalue weighted by atomic mass is 35.5. The standard InChI is InChI=1S/C22H23ClN2O4S/c1-14-21(30-20(25-14)13-29-17-6-4-16(23)5-7-17)22(26)24-11-10-15-12-18(27-2)8-9-19(15)28-3/h4-9,12H,10-11,13H2,1-3H3,(H,24,26). The lowest BCUT2D eigenvalue weighted by atomic mass is 10.1. The average molecular weight is 447 g/mol. The van der Waals surface area contributed by atoms with Gasteiger partial charge in [-0.15, -0.1) is 11.3 Å². The molecule has 158 valence electrons. The molecular weight excluding hydrogens is 424 g/mol. The van der Waals surface area contributed by atoms with Gasteiger partial charge in [-0.2, -0.15) is 0 Å². The van der Waals surface area contributed by atoms with Crippen molar-refractivity contribution in [3.63, 3.8) is 0 Å². The molecule has 1 amide bonds. The minimum absolute atomic E-state index is 0.149. The van der Waals surface area contributed by atoms with Gasteiger partial charge in [0.25, 0.3) is 5.91 Å². The number of carbonyl (C=O) groups is 1. The second-order valence-electron chi connectivity index (χ2n) is 6.45. The molecule has 0 atom stereocenters. The Hall–Kier alpha value is -2.77. The fourth-order valence-corrected chi connectivity index (χ4v) is 3.89. The van der Waals surface area contributed by atoms with Crippen molar-refractivity contribution in [3.05, 3.63) is 68.6 Å². The summed E-state index contributed by atoms with van der Waals surface area (Å²) in [6.45, 7) is 2.58. The first-order chi connectivity index (χ1) is 14.5. The lowest BCUT2D eigenvalue weighted by molar-refractivity contribution is 0.0957. The summed E-state index contributed by atoms with van der Waals surface area (Å²) in [6, 6.07) is 12.7. The Bertz CT molecular complexity index is 1000. The predicted molar refractivity (Wildman–Crippen MR) is 118 cm³/mol. The van der Waals surface area contributed by atoms with Crippen LogP contribution in [0.3, 0.4) is 0 Å². The third-order valence-electron chi connectivity index (χ3n) is 4.39. The molecule has 0 fully saturated rings. The number of aromatic nitrogens is 1. The van der Waals surface area contributed by atoms with E-state index in [2.05, 4.69) is 10.3 Å². The molecule has 2 aromatic carbocycles. The molecule has 1 N–H and O–H groups in total. The highest BCUT2D eigenvalue weighted by Gasteiger charge is 2.16. The van der Waals surface area contributed by atoms with Crippen LogP contribution in [-0.4, -0.2) is 31.7 Å². The predicted octanol–water partition coefficient (Wildman–Crippen LogP) is 4.67. The molecule has 0 bridgehead atoms. The number of hydrogen-bond donors (Lipinski definition) is 1. The van der Waals surface area contributed by atoms with Crippen molar-refractivity contribution in [1.82, 2.24) is 10.3 Å². The van der Waals surface area contributed by atoms with Gasteiger partial charge in [-0.25, -0.2) is 4.98 Å². The number of hydrogen-bond acceptors (Lipinski definition) is 6. The van der Waals surface area contributed by atoms with Crippen LogP contribution in [0.4, 0.5) is 0 Å². The molecule has 0 aliphatic carbocycles. The number of thiazole rings is 1. The minimum Gasteiger partial charge on any atom is -0.497 e. The fraction of sp³-hybridized carbons (Fsp3) is 0.273. The van der Waals surface area contributed by atoms with Gasteiger partial charge < -0.3 is 19.5 Å². The largest absolute Gasteiger partial charge is 0.497 e. The molecule has 30 heavy (non-hydrogen) atoms. The highest BCUT2D eigenvalue weighted by molar-refractivity contribution is 7.13. The van der Waals surface area contributed by atoms with Gasteiger partial charge in [-0.05, 0) is 61.4 Å². The molecule has 0 radical (unpaired) electrons. The van der Waals surface area contributed by atoms with Gasteiger partial charge >= 0.3 is 0 Å². The third-order valence-corrected chi connectivity index (χ3v) is 5.77. The number of benzene rings is 2. The third kappa shape index (κ3) is 5.64. The van der Waals surface area contributed by atoms with E-state index in [4.69, 9.17) is 25.8 Å². The number of nitrogens with zero attached hydrogens (tertiary/aromatic N) is 1. The van der Waals surface area contributed by atoms with E-state index in [0.717, 1.165) is 22.1 Å². The fourth-order valence-electron chi connectivity index (χ4n) is 2.87. The van der Waals surface area contributed by atoms with Gasteiger partial charge in [0.05, 0.1) is 19.9 Å². The smallest absolute Gasteiger partial charge is 0.263 e. The van der Waals surface area contributed by atoms with Crippen LogP contribution in [0.25, 0.3) is 0 Å². The van der Waals surface area contributed by atoms with Gasteiger partial charge in [0.15, 0.2) is 0 Å². The number of halogens is 1. The van der Waals surface area contributed by atoms with Crippen LogP contribution < -0.4 is 19.5 Å². The summed E-state index contributed by atoms with van der Waals surface area (Å²) in [4.78, 5) is 17.6. The van der Waals surface area contributed by atoms with Crippen molar-refractivity contribution < 1.29 is 19.0 Å². The lowest BCUT2D eigenvalue weighted by Gasteiger charge is -2.11. The molecule has 0 saturated heterocycles. The Morgan fingerprint density at radius 2 is 1.83 bits per heavy atom. The molecule has 1 aromatic heterocycles. The number of nitrogens with one attached hydrogen (secondary N) is 1. The molecule has 0 aliphatic rings. The summed E-state index contributed by atoms with van der Waals surface area (Å²) in [5.41, 5.74) is 1.65. The average Bonchev–Trinajstić information content (AvgIpc) is 3.13. The van der Waals surface area contributed by atoms with Crippen molar-refractivity contribution in [3.8, 4) is 17.2 Å². The monoisotopic (exact) mass is 446 g/mol. The Kier molecular flexibility index (Phi) is 7.54.